The molecular weight excluding hydrogens is 671 g/mol. The van der Waals surface area contributed by atoms with Crippen LogP contribution in [0.15, 0.2) is 72.8 Å². The van der Waals surface area contributed by atoms with E-state index in [4.69, 9.17) is 4.74 Å². The number of alkyl halides is 3. The van der Waals surface area contributed by atoms with Crippen LogP contribution >= 0.6 is 0 Å². The third-order valence-electron chi connectivity index (χ3n) is 9.18. The largest absolute Gasteiger partial charge is 0.495 e. The second kappa shape index (κ2) is 14.7. The summed E-state index contributed by atoms with van der Waals surface area (Å²) in [5.41, 5.74) is -1.21. The lowest BCUT2D eigenvalue weighted by molar-refractivity contribution is -0.212. The summed E-state index contributed by atoms with van der Waals surface area (Å²) in [5.74, 6) is -3.84. The second-order valence-electron chi connectivity index (χ2n) is 12.8. The van der Waals surface area contributed by atoms with Crippen LogP contribution in [0.25, 0.3) is 0 Å². The number of halogens is 3. The minimum Gasteiger partial charge on any atom is -0.495 e. The van der Waals surface area contributed by atoms with Crippen molar-refractivity contribution in [2.45, 2.75) is 69.9 Å². The molecule has 1 aliphatic carbocycles. The zero-order chi connectivity index (χ0) is 37.1. The molecule has 51 heavy (non-hydrogen) atoms. The predicted molar refractivity (Wildman–Crippen MR) is 180 cm³/mol. The van der Waals surface area contributed by atoms with Gasteiger partial charge in [-0.2, -0.15) is 13.2 Å². The Morgan fingerprint density at radius 1 is 0.980 bits per heavy atom. The van der Waals surface area contributed by atoms with Crippen LogP contribution in [-0.4, -0.2) is 69.6 Å². The Hall–Kier alpha value is -5.60. The molecule has 3 unspecified atom stereocenters. The van der Waals surface area contributed by atoms with Crippen molar-refractivity contribution < 1.29 is 47.0 Å². The highest BCUT2D eigenvalue weighted by Crippen LogP contribution is 2.45. The molecule has 2 fully saturated rings. The van der Waals surface area contributed by atoms with E-state index in [1.54, 1.807) is 42.5 Å². The third kappa shape index (κ3) is 7.92. The molecule has 1 aliphatic heterocycles. The Morgan fingerprint density at radius 2 is 1.63 bits per heavy atom. The molecule has 0 radical (unpaired) electrons. The van der Waals surface area contributed by atoms with Crippen LogP contribution < -0.4 is 20.7 Å². The Morgan fingerprint density at radius 3 is 2.24 bits per heavy atom. The molecule has 1 saturated carbocycles. The Bertz CT molecular complexity index is 1820. The zero-order valence-electron chi connectivity index (χ0n) is 28.1. The van der Waals surface area contributed by atoms with E-state index >= 15 is 0 Å². The van der Waals surface area contributed by atoms with Gasteiger partial charge >= 0.3 is 24.2 Å². The van der Waals surface area contributed by atoms with Crippen LogP contribution in [0, 0.1) is 12.8 Å². The summed E-state index contributed by atoms with van der Waals surface area (Å²) in [6.45, 7) is 1.71. The van der Waals surface area contributed by atoms with E-state index in [1.165, 1.54) is 25.3 Å². The summed E-state index contributed by atoms with van der Waals surface area (Å²) in [6.07, 6.45) is -4.57. The smallest absolute Gasteiger partial charge is 0.420 e. The lowest BCUT2D eigenvalue weighted by Crippen LogP contribution is -2.58. The molecule has 12 nitrogen and oxygen atoms in total. The van der Waals surface area contributed by atoms with Crippen molar-refractivity contribution in [3.63, 3.8) is 0 Å². The number of nitrogens with one attached hydrogen (secondary N) is 3. The van der Waals surface area contributed by atoms with Crippen molar-refractivity contribution in [1.29, 1.82) is 0 Å². The summed E-state index contributed by atoms with van der Waals surface area (Å²) in [7, 11) is 1.30. The number of imide groups is 1. The molecule has 270 valence electrons. The first-order chi connectivity index (χ1) is 24.1. The summed E-state index contributed by atoms with van der Waals surface area (Å²) in [4.78, 5) is 66.8. The topological polar surface area (TPSA) is 157 Å². The van der Waals surface area contributed by atoms with Crippen molar-refractivity contribution in [3.8, 4) is 5.75 Å². The van der Waals surface area contributed by atoms with E-state index in [9.17, 15) is 42.3 Å². The van der Waals surface area contributed by atoms with Crippen LogP contribution in [0.3, 0.4) is 0 Å². The maximum absolute atomic E-state index is 14.9. The highest BCUT2D eigenvalue weighted by atomic mass is 19.4. The van der Waals surface area contributed by atoms with E-state index in [1.807, 2.05) is 19.1 Å². The van der Waals surface area contributed by atoms with Crippen LogP contribution in [0.1, 0.15) is 55.3 Å². The normalized spacial score (nSPS) is 18.6. The minimum absolute atomic E-state index is 0.0762. The molecule has 15 heteroatoms. The highest BCUT2D eigenvalue weighted by molar-refractivity contribution is 6.10. The fourth-order valence-electron chi connectivity index (χ4n) is 6.02. The van der Waals surface area contributed by atoms with Gasteiger partial charge in [-0.25, -0.2) is 14.5 Å². The van der Waals surface area contributed by atoms with Gasteiger partial charge < -0.3 is 25.8 Å². The summed E-state index contributed by atoms with van der Waals surface area (Å²) in [6, 6.07) is 14.7. The van der Waals surface area contributed by atoms with Gasteiger partial charge in [-0.1, -0.05) is 67.4 Å². The van der Waals surface area contributed by atoms with Gasteiger partial charge in [-0.3, -0.25) is 19.3 Å². The Balaban J connectivity index is 1.42. The quantitative estimate of drug-likeness (QED) is 0.153. The van der Waals surface area contributed by atoms with Crippen LogP contribution in [0.4, 0.5) is 34.1 Å². The minimum atomic E-state index is -5.25. The first kappa shape index (κ1) is 36.7. The zero-order valence-corrected chi connectivity index (χ0v) is 28.1. The van der Waals surface area contributed by atoms with Gasteiger partial charge in [0.15, 0.2) is 0 Å². The Labute approximate surface area is 291 Å². The number of urea groups is 2. The van der Waals surface area contributed by atoms with E-state index < -0.39 is 66.6 Å². The van der Waals surface area contributed by atoms with Crippen LogP contribution in [-0.2, 0) is 20.9 Å². The maximum Gasteiger partial charge on any atom is 0.420 e. The number of methoxy groups -OCH3 is 1. The van der Waals surface area contributed by atoms with Crippen molar-refractivity contribution in [3.05, 3.63) is 89.5 Å². The van der Waals surface area contributed by atoms with Crippen LogP contribution in [0.5, 0.6) is 5.75 Å². The third-order valence-corrected chi connectivity index (χ3v) is 9.18. The van der Waals surface area contributed by atoms with Gasteiger partial charge in [-0.05, 0) is 61.1 Å². The average Bonchev–Trinajstić information content (AvgIpc) is 3.88. The number of anilines is 2. The Kier molecular flexibility index (Phi) is 10.6. The summed E-state index contributed by atoms with van der Waals surface area (Å²) >= 11 is 0. The number of para-hydroxylation sites is 1. The van der Waals surface area contributed by atoms with Gasteiger partial charge in [0.05, 0.1) is 25.3 Å². The summed E-state index contributed by atoms with van der Waals surface area (Å²) < 4.78 is 50.0. The van der Waals surface area contributed by atoms with Gasteiger partial charge in [0.25, 0.3) is 5.91 Å². The molecule has 2 aliphatic rings. The molecule has 3 atom stereocenters. The number of hydrogen-bond acceptors (Lipinski definition) is 6. The number of ether oxygens (including phenoxy) is 1. The molecule has 0 spiro atoms. The standard InChI is InChI=1S/C36H38F3N5O7/c1-21-9-7-8-12-25(21)41-33(49)42-26-16-15-23(18-29(26)51-3)20-43-34(50)44(32(48)35(43,2)36(37,38)39)28(17-22-13-14-22)31(47)40-27(19-30(45)46)24-10-5-4-6-11-24/h4-12,15-16,18,22,27-28H,13-14,17,19-20H2,1-3H3,(H,40,47)(H,45,46)(H2,41,42,49). The van der Waals surface area contributed by atoms with E-state index in [0.717, 1.165) is 5.56 Å². The predicted octanol–water partition coefficient (Wildman–Crippen LogP) is 6.23. The number of carbonyl (C=O) groups is 5. The molecule has 3 aromatic rings. The van der Waals surface area contributed by atoms with Crippen LogP contribution in [0.2, 0.25) is 0 Å². The van der Waals surface area contributed by atoms with Gasteiger partial charge in [0.1, 0.15) is 11.8 Å². The van der Waals surface area contributed by atoms with E-state index in [0.29, 0.717) is 40.8 Å². The monoisotopic (exact) mass is 709 g/mol. The number of benzene rings is 3. The highest BCUT2D eigenvalue weighted by Gasteiger charge is 2.70. The number of aryl methyl sites for hydroxylation is 1. The molecule has 6 amide bonds. The molecule has 3 aromatic carbocycles. The molecule has 1 saturated heterocycles. The first-order valence-corrected chi connectivity index (χ1v) is 16.2. The molecule has 0 bridgehead atoms. The lowest BCUT2D eigenvalue weighted by Gasteiger charge is -2.33. The molecule has 4 N–H and O–H groups in total. The van der Waals surface area contributed by atoms with Gasteiger partial charge in [0.2, 0.25) is 11.4 Å². The molecule has 1 heterocycles. The van der Waals surface area contributed by atoms with Crippen molar-refractivity contribution in [2.24, 2.45) is 5.92 Å². The fraction of sp³-hybridized carbons (Fsp3) is 0.361. The number of carboxylic acid groups (broad SMARTS) is 1. The number of aliphatic carboxylic acids is 1. The van der Waals surface area contributed by atoms with Crippen molar-refractivity contribution >= 4 is 41.2 Å². The number of nitrogens with zero attached hydrogens (tertiary/aromatic N) is 2. The molecule has 0 aromatic heterocycles. The average molecular weight is 710 g/mol. The van der Waals surface area contributed by atoms with Crippen molar-refractivity contribution in [2.75, 3.05) is 17.7 Å². The van der Waals surface area contributed by atoms with E-state index in [2.05, 4.69) is 16.0 Å². The SMILES string of the molecule is COc1cc(CN2C(=O)N(C(CC3CC3)C(=O)NC(CC(=O)O)c3ccccc3)C(=O)C2(C)C(F)(F)F)ccc1NC(=O)Nc1ccccc1C. The summed E-state index contributed by atoms with van der Waals surface area (Å²) in [5, 5.41) is 17.4. The molecular formula is C36H38F3N5O7. The number of amides is 6. The second-order valence-corrected chi connectivity index (χ2v) is 12.8. The molecule has 5 rings (SSSR count). The van der Waals surface area contributed by atoms with Gasteiger partial charge in [0, 0.05) is 12.2 Å². The number of carbonyl (C=O) groups excluding carboxylic acids is 4. The maximum atomic E-state index is 14.9. The first-order valence-electron chi connectivity index (χ1n) is 16.2. The number of rotatable bonds is 13. The number of hydrogen-bond donors (Lipinski definition) is 4. The van der Waals surface area contributed by atoms with E-state index in [-0.39, 0.29) is 29.3 Å². The number of carboxylic acids is 1. The van der Waals surface area contributed by atoms with Gasteiger partial charge in [-0.15, -0.1) is 0 Å². The fourth-order valence-corrected chi connectivity index (χ4v) is 6.02. The lowest BCUT2D eigenvalue weighted by atomic mass is 9.97. The van der Waals surface area contributed by atoms with Crippen molar-refractivity contribution in [1.82, 2.24) is 15.1 Å².